The number of halogens is 2. The number of hydrogen-bond donors (Lipinski definition) is 2. The quantitative estimate of drug-likeness (QED) is 0.739. The summed E-state index contributed by atoms with van der Waals surface area (Å²) in [5.41, 5.74) is 0.671. The molecule has 0 aliphatic heterocycles. The minimum Gasteiger partial charge on any atom is -0.507 e. The van der Waals surface area contributed by atoms with Crippen molar-refractivity contribution in [2.75, 3.05) is 5.33 Å². The van der Waals surface area contributed by atoms with Gasteiger partial charge < -0.3 is 10.4 Å². The molecule has 1 atom stereocenters. The fourth-order valence-corrected chi connectivity index (χ4v) is 2.82. The van der Waals surface area contributed by atoms with Crippen LogP contribution in [0.15, 0.2) is 53.0 Å². The lowest BCUT2D eigenvalue weighted by Crippen LogP contribution is -2.44. The van der Waals surface area contributed by atoms with Crippen molar-refractivity contribution < 1.29 is 9.90 Å². The van der Waals surface area contributed by atoms with Gasteiger partial charge in [0, 0.05) is 9.80 Å². The van der Waals surface area contributed by atoms with Crippen molar-refractivity contribution in [2.45, 2.75) is 12.5 Å². The Morgan fingerprint density at radius 3 is 2.52 bits per heavy atom. The van der Waals surface area contributed by atoms with Crippen molar-refractivity contribution in [2.24, 2.45) is 0 Å². The molecule has 0 bridgehead atoms. The number of carbonyl (C=O) groups is 1. The third-order valence-corrected chi connectivity index (χ3v) is 4.89. The van der Waals surface area contributed by atoms with Gasteiger partial charge in [-0.25, -0.2) is 0 Å². The standard InChI is InChI=1S/C16H15Br2NO2/c1-16(10-17,11-5-3-2-4-6-11)19-15(21)13-9-12(18)7-8-14(13)20/h2-9,20H,10H2,1H3,(H,19,21). The molecule has 2 N–H and O–H groups in total. The van der Waals surface area contributed by atoms with Crippen LogP contribution in [0.2, 0.25) is 0 Å². The fraction of sp³-hybridized carbons (Fsp3) is 0.188. The lowest BCUT2D eigenvalue weighted by Gasteiger charge is -2.29. The summed E-state index contributed by atoms with van der Waals surface area (Å²) in [5, 5.41) is 13.4. The SMILES string of the molecule is CC(CBr)(NC(=O)c1cc(Br)ccc1O)c1ccccc1. The summed E-state index contributed by atoms with van der Waals surface area (Å²) in [6.45, 7) is 1.93. The first-order valence-electron chi connectivity index (χ1n) is 6.39. The Labute approximate surface area is 140 Å². The third kappa shape index (κ3) is 3.66. The fourth-order valence-electron chi connectivity index (χ4n) is 2.00. The summed E-state index contributed by atoms with van der Waals surface area (Å²) in [4.78, 5) is 12.5. The number of rotatable bonds is 4. The molecule has 0 fully saturated rings. The zero-order valence-electron chi connectivity index (χ0n) is 11.4. The molecule has 0 heterocycles. The van der Waals surface area contributed by atoms with E-state index in [0.29, 0.717) is 5.33 Å². The normalized spacial score (nSPS) is 13.5. The van der Waals surface area contributed by atoms with E-state index in [2.05, 4.69) is 37.2 Å². The minimum atomic E-state index is -0.562. The Morgan fingerprint density at radius 2 is 1.90 bits per heavy atom. The predicted octanol–water partition coefficient (Wildman–Crippen LogP) is 4.19. The van der Waals surface area contributed by atoms with E-state index in [4.69, 9.17) is 0 Å². The minimum absolute atomic E-state index is 0.0410. The van der Waals surface area contributed by atoms with Crippen LogP contribution in [0, 0.1) is 0 Å². The van der Waals surface area contributed by atoms with Gasteiger partial charge in [-0.15, -0.1) is 0 Å². The molecule has 1 unspecified atom stereocenters. The highest BCUT2D eigenvalue weighted by Crippen LogP contribution is 2.26. The Kier molecular flexibility index (Phi) is 5.06. The predicted molar refractivity (Wildman–Crippen MR) is 90.9 cm³/mol. The number of aromatic hydroxyl groups is 1. The molecule has 0 saturated heterocycles. The Morgan fingerprint density at radius 1 is 1.24 bits per heavy atom. The lowest BCUT2D eigenvalue weighted by molar-refractivity contribution is 0.0911. The molecule has 3 nitrogen and oxygen atoms in total. The van der Waals surface area contributed by atoms with Gasteiger partial charge in [-0.3, -0.25) is 4.79 Å². The van der Waals surface area contributed by atoms with Crippen molar-refractivity contribution in [1.29, 1.82) is 0 Å². The van der Waals surface area contributed by atoms with Crippen LogP contribution in [0.3, 0.4) is 0 Å². The Hall–Kier alpha value is -1.33. The van der Waals surface area contributed by atoms with E-state index in [1.54, 1.807) is 12.1 Å². The van der Waals surface area contributed by atoms with Crippen LogP contribution in [0.25, 0.3) is 0 Å². The van der Waals surface area contributed by atoms with Crippen LogP contribution in [-0.4, -0.2) is 16.3 Å². The van der Waals surface area contributed by atoms with E-state index >= 15 is 0 Å². The summed E-state index contributed by atoms with van der Waals surface area (Å²) in [5.74, 6) is -0.361. The molecule has 0 aromatic heterocycles. The molecule has 2 rings (SSSR count). The van der Waals surface area contributed by atoms with Gasteiger partial charge in [-0.05, 0) is 30.7 Å². The maximum atomic E-state index is 12.5. The number of phenols is 1. The molecule has 0 aliphatic rings. The maximum Gasteiger partial charge on any atom is 0.255 e. The van der Waals surface area contributed by atoms with Crippen LogP contribution < -0.4 is 5.32 Å². The average molecular weight is 413 g/mol. The molecular formula is C16H15Br2NO2. The molecular weight excluding hydrogens is 398 g/mol. The second-order valence-electron chi connectivity index (χ2n) is 4.95. The highest BCUT2D eigenvalue weighted by Gasteiger charge is 2.28. The number of nitrogens with one attached hydrogen (secondary N) is 1. The van der Waals surface area contributed by atoms with Crippen LogP contribution in [0.1, 0.15) is 22.8 Å². The first-order chi connectivity index (χ1) is 9.96. The van der Waals surface area contributed by atoms with Crippen LogP contribution in [0.5, 0.6) is 5.75 Å². The maximum absolute atomic E-state index is 12.5. The van der Waals surface area contributed by atoms with Gasteiger partial charge in [0.15, 0.2) is 0 Å². The van der Waals surface area contributed by atoms with Gasteiger partial charge in [-0.2, -0.15) is 0 Å². The first-order valence-corrected chi connectivity index (χ1v) is 8.30. The molecule has 0 aliphatic carbocycles. The van der Waals surface area contributed by atoms with Crippen molar-refractivity contribution in [3.05, 3.63) is 64.1 Å². The molecule has 21 heavy (non-hydrogen) atoms. The highest BCUT2D eigenvalue weighted by atomic mass is 79.9. The largest absolute Gasteiger partial charge is 0.507 e. The average Bonchev–Trinajstić information content (AvgIpc) is 2.50. The van der Waals surface area contributed by atoms with Gasteiger partial charge in [0.05, 0.1) is 11.1 Å². The van der Waals surface area contributed by atoms with Crippen molar-refractivity contribution in [1.82, 2.24) is 5.32 Å². The molecule has 2 aromatic carbocycles. The number of benzene rings is 2. The van der Waals surface area contributed by atoms with E-state index in [9.17, 15) is 9.90 Å². The van der Waals surface area contributed by atoms with E-state index in [-0.39, 0.29) is 17.2 Å². The summed E-state index contributed by atoms with van der Waals surface area (Å²) >= 11 is 6.76. The van der Waals surface area contributed by atoms with Crippen LogP contribution >= 0.6 is 31.9 Å². The monoisotopic (exact) mass is 411 g/mol. The summed E-state index contributed by atoms with van der Waals surface area (Å²) in [7, 11) is 0. The van der Waals surface area contributed by atoms with Crippen molar-refractivity contribution >= 4 is 37.8 Å². The second kappa shape index (κ2) is 6.62. The summed E-state index contributed by atoms with van der Waals surface area (Å²) in [6, 6.07) is 14.5. The zero-order chi connectivity index (χ0) is 15.5. The smallest absolute Gasteiger partial charge is 0.255 e. The van der Waals surface area contributed by atoms with Crippen molar-refractivity contribution in [3.8, 4) is 5.75 Å². The van der Waals surface area contributed by atoms with E-state index in [1.807, 2.05) is 37.3 Å². The van der Waals surface area contributed by atoms with E-state index in [1.165, 1.54) is 6.07 Å². The first kappa shape index (κ1) is 16.0. The molecule has 2 aromatic rings. The molecule has 0 spiro atoms. The van der Waals surface area contributed by atoms with Gasteiger partial charge in [-0.1, -0.05) is 62.2 Å². The topological polar surface area (TPSA) is 49.3 Å². The third-order valence-electron chi connectivity index (χ3n) is 3.27. The van der Waals surface area contributed by atoms with Crippen molar-refractivity contribution in [3.63, 3.8) is 0 Å². The van der Waals surface area contributed by atoms with Crippen LogP contribution in [-0.2, 0) is 5.54 Å². The Balaban J connectivity index is 2.30. The Bertz CT molecular complexity index is 646. The molecule has 0 saturated carbocycles. The number of hydrogen-bond acceptors (Lipinski definition) is 2. The highest BCUT2D eigenvalue weighted by molar-refractivity contribution is 9.10. The molecule has 1 amide bonds. The molecule has 5 heteroatoms. The van der Waals surface area contributed by atoms with E-state index < -0.39 is 5.54 Å². The van der Waals surface area contributed by atoms with Crippen LogP contribution in [0.4, 0.5) is 0 Å². The molecule has 110 valence electrons. The second-order valence-corrected chi connectivity index (χ2v) is 6.42. The lowest BCUT2D eigenvalue weighted by atomic mass is 9.94. The molecule has 0 radical (unpaired) electrons. The number of amides is 1. The number of phenolic OH excluding ortho intramolecular Hbond substituents is 1. The van der Waals surface area contributed by atoms with Gasteiger partial charge >= 0.3 is 0 Å². The number of carbonyl (C=O) groups excluding carboxylic acids is 1. The number of alkyl halides is 1. The van der Waals surface area contributed by atoms with Gasteiger partial charge in [0.25, 0.3) is 5.91 Å². The summed E-state index contributed by atoms with van der Waals surface area (Å²) in [6.07, 6.45) is 0. The van der Waals surface area contributed by atoms with E-state index in [0.717, 1.165) is 10.0 Å². The van der Waals surface area contributed by atoms with Gasteiger partial charge in [0.2, 0.25) is 0 Å². The van der Waals surface area contributed by atoms with Gasteiger partial charge in [0.1, 0.15) is 5.75 Å². The zero-order valence-corrected chi connectivity index (χ0v) is 14.6. The summed E-state index contributed by atoms with van der Waals surface area (Å²) < 4.78 is 0.741.